The highest BCUT2D eigenvalue weighted by atomic mass is 32.1. The average molecular weight is 1410 g/mol. The van der Waals surface area contributed by atoms with E-state index < -0.39 is 0 Å². The minimum absolute atomic E-state index is 0.0616. The highest BCUT2D eigenvalue weighted by Gasteiger charge is 2.19. The van der Waals surface area contributed by atoms with Crippen molar-refractivity contribution in [3.05, 3.63) is 233 Å². The molecule has 28 heteroatoms. The first-order chi connectivity index (χ1) is 48.6. The Labute approximate surface area is 584 Å². The number of aromatic amines is 2. The number of aromatic nitrogens is 10. The smallest absolute Gasteiger partial charge is 0.262 e. The van der Waals surface area contributed by atoms with Gasteiger partial charge in [-0.25, -0.2) is 19.9 Å². The second kappa shape index (κ2) is 29.2. The van der Waals surface area contributed by atoms with Gasteiger partial charge in [0.25, 0.3) is 22.2 Å². The van der Waals surface area contributed by atoms with Crippen LogP contribution < -0.4 is 62.5 Å². The predicted octanol–water partition coefficient (Wildman–Crippen LogP) is 15.5. The molecule has 0 saturated heterocycles. The van der Waals surface area contributed by atoms with Crippen molar-refractivity contribution in [2.24, 2.45) is 28.2 Å². The lowest BCUT2D eigenvalue weighted by Crippen LogP contribution is -2.20. The lowest BCUT2D eigenvalue weighted by atomic mass is 10.2. The fourth-order valence-electron chi connectivity index (χ4n) is 10.9. The molecule has 4 aromatic carbocycles. The molecule has 0 radical (unpaired) electrons. The number of nitrogens with one attached hydrogen (secondary N) is 6. The molecule has 6 N–H and O–H groups in total. The number of hydrogen-bond acceptors (Lipinski definition) is 22. The summed E-state index contributed by atoms with van der Waals surface area (Å²) in [5, 5.41) is 26.9. The van der Waals surface area contributed by atoms with Crippen molar-refractivity contribution in [1.29, 1.82) is 0 Å². The molecule has 0 amide bonds. The number of thiazole rings is 4. The van der Waals surface area contributed by atoms with Crippen LogP contribution in [0.25, 0.3) is 89.3 Å². The zero-order valence-corrected chi connectivity index (χ0v) is 58.0. The maximum Gasteiger partial charge on any atom is 0.262 e. The molecule has 0 fully saturated rings. The van der Waals surface area contributed by atoms with Gasteiger partial charge in [-0.15, -0.1) is 45.3 Å². The number of anilines is 8. The number of ether oxygens (including phenoxy) is 4. The third-order valence-electron chi connectivity index (χ3n) is 15.9. The summed E-state index contributed by atoms with van der Waals surface area (Å²) in [6.07, 6.45) is 6.98. The Bertz CT molecular complexity index is 5860. The molecule has 0 bridgehead atoms. The van der Waals surface area contributed by atoms with Gasteiger partial charge < -0.3 is 63.2 Å². The molecule has 12 heterocycles. The van der Waals surface area contributed by atoms with Gasteiger partial charge in [-0.3, -0.25) is 33.3 Å². The predicted molar refractivity (Wildman–Crippen MR) is 400 cm³/mol. The molecule has 0 aliphatic rings. The van der Waals surface area contributed by atoms with Gasteiger partial charge in [-0.1, -0.05) is 48.5 Å². The van der Waals surface area contributed by atoms with E-state index in [1.807, 2.05) is 191 Å². The van der Waals surface area contributed by atoms with Gasteiger partial charge in [0, 0.05) is 83.6 Å². The normalized spacial score (nSPS) is 11.0. The molecule has 24 nitrogen and oxygen atoms in total. The maximum atomic E-state index is 12.8. The molecule has 504 valence electrons. The number of para-hydroxylation sites is 8. The van der Waals surface area contributed by atoms with Crippen LogP contribution in [-0.4, -0.2) is 76.6 Å². The maximum absolute atomic E-state index is 12.8. The van der Waals surface area contributed by atoms with Crippen molar-refractivity contribution >= 4 is 133 Å². The number of fused-ring (bicyclic) bond motifs is 4. The number of furan rings is 2. The average Bonchev–Trinajstić information content (AvgIpc) is 1.60. The minimum atomic E-state index is -0.230. The van der Waals surface area contributed by atoms with Gasteiger partial charge in [-0.2, -0.15) is 0 Å². The van der Waals surface area contributed by atoms with Crippen molar-refractivity contribution in [3.63, 3.8) is 0 Å². The van der Waals surface area contributed by atoms with Crippen LogP contribution in [0.4, 0.5) is 43.3 Å². The summed E-state index contributed by atoms with van der Waals surface area (Å²) in [5.74, 6) is 2.94. The van der Waals surface area contributed by atoms with E-state index in [1.54, 1.807) is 71.8 Å². The van der Waals surface area contributed by atoms with E-state index in [2.05, 4.69) is 51.2 Å². The Balaban J connectivity index is 0.000000120. The van der Waals surface area contributed by atoms with E-state index in [9.17, 15) is 19.2 Å². The van der Waals surface area contributed by atoms with Crippen molar-refractivity contribution < 1.29 is 27.8 Å². The van der Waals surface area contributed by atoms with Crippen LogP contribution >= 0.6 is 45.3 Å². The van der Waals surface area contributed by atoms with Gasteiger partial charge in [-0.05, 0) is 97.1 Å². The van der Waals surface area contributed by atoms with E-state index in [-0.39, 0.29) is 22.2 Å². The Hall–Kier alpha value is -12.2. The summed E-state index contributed by atoms with van der Waals surface area (Å²) >= 11 is 5.75. The van der Waals surface area contributed by atoms with Gasteiger partial charge in [0.05, 0.1) is 109 Å². The van der Waals surface area contributed by atoms with Gasteiger partial charge in [0.1, 0.15) is 34.3 Å². The van der Waals surface area contributed by atoms with Crippen molar-refractivity contribution in [2.75, 3.05) is 49.7 Å². The number of pyridine rings is 4. The summed E-state index contributed by atoms with van der Waals surface area (Å²) in [4.78, 5) is 73.8. The van der Waals surface area contributed by atoms with Gasteiger partial charge in [0.2, 0.25) is 11.4 Å². The van der Waals surface area contributed by atoms with Crippen LogP contribution in [0, 0.1) is 0 Å². The molecule has 16 rings (SSSR count). The van der Waals surface area contributed by atoms with Gasteiger partial charge in [0.15, 0.2) is 20.5 Å². The largest absolute Gasteiger partial charge is 0.495 e. The van der Waals surface area contributed by atoms with E-state index >= 15 is 0 Å². The summed E-state index contributed by atoms with van der Waals surface area (Å²) in [6.45, 7) is 0. The summed E-state index contributed by atoms with van der Waals surface area (Å²) in [7, 11) is 13.8. The van der Waals surface area contributed by atoms with E-state index in [4.69, 9.17) is 27.8 Å². The molecule has 0 aliphatic heterocycles. The van der Waals surface area contributed by atoms with Crippen LogP contribution in [0.5, 0.6) is 23.0 Å². The summed E-state index contributed by atoms with van der Waals surface area (Å²) in [5.41, 5.74) is 10.2. The minimum Gasteiger partial charge on any atom is -0.495 e. The first kappa shape index (κ1) is 66.4. The lowest BCUT2D eigenvalue weighted by Gasteiger charge is -2.08. The van der Waals surface area contributed by atoms with Gasteiger partial charge >= 0.3 is 0 Å². The van der Waals surface area contributed by atoms with Crippen LogP contribution in [-0.2, 0) is 28.2 Å². The molecule has 0 unspecified atom stereocenters. The van der Waals surface area contributed by atoms with Crippen LogP contribution in [0.3, 0.4) is 0 Å². The highest BCUT2D eigenvalue weighted by molar-refractivity contribution is 7.15. The molecule has 0 saturated carbocycles. The molecule has 16 aromatic rings. The number of rotatable bonds is 16. The molecular weight excluding hydrogens is 1350 g/mol. The Morgan fingerprint density at radius 3 is 1.24 bits per heavy atom. The van der Waals surface area contributed by atoms with Crippen LogP contribution in [0.2, 0.25) is 0 Å². The topological polar surface area (TPSA) is 282 Å². The lowest BCUT2D eigenvalue weighted by molar-refractivity contribution is 0.416. The molecular formula is C72H62N14O10S4. The Morgan fingerprint density at radius 2 is 0.770 bits per heavy atom. The van der Waals surface area contributed by atoms with Crippen LogP contribution in [0.1, 0.15) is 0 Å². The quantitative estimate of drug-likeness (QED) is 0.0524. The number of aryl methyl sites for hydroxylation is 4. The zero-order valence-electron chi connectivity index (χ0n) is 54.8. The number of H-pyrrole nitrogens is 2. The third kappa shape index (κ3) is 14.0. The molecule has 0 aliphatic carbocycles. The number of methoxy groups -OCH3 is 4. The third-order valence-corrected chi connectivity index (χ3v) is 18.9. The molecule has 100 heavy (non-hydrogen) atoms. The molecule has 0 spiro atoms. The fourth-order valence-corrected chi connectivity index (χ4v) is 13.8. The first-order valence-corrected chi connectivity index (χ1v) is 34.1. The highest BCUT2D eigenvalue weighted by Crippen LogP contribution is 2.36. The van der Waals surface area contributed by atoms with Crippen LogP contribution in [0.15, 0.2) is 220 Å². The summed E-state index contributed by atoms with van der Waals surface area (Å²) < 4.78 is 38.9. The first-order valence-electron chi connectivity index (χ1n) is 30.6. The van der Waals surface area contributed by atoms with E-state index in [1.165, 1.54) is 49.9 Å². The zero-order chi connectivity index (χ0) is 69.6. The number of hydrogen-bond donors (Lipinski definition) is 6. The second-order valence-corrected chi connectivity index (χ2v) is 25.6. The Morgan fingerprint density at radius 1 is 0.400 bits per heavy atom. The van der Waals surface area contributed by atoms with Crippen molar-refractivity contribution in [3.8, 4) is 68.0 Å². The number of nitrogens with zero attached hydrogens (tertiary/aromatic N) is 8. The Kier molecular flexibility index (Phi) is 19.4. The monoisotopic (exact) mass is 1410 g/mol. The van der Waals surface area contributed by atoms with E-state index in [0.29, 0.717) is 77.0 Å². The fraction of sp³-hybridized carbons (Fsp3) is 0.111. The molecule has 12 aromatic heterocycles. The summed E-state index contributed by atoms with van der Waals surface area (Å²) in [6, 6.07) is 45.4. The standard InChI is InChI=1S/C19H18N4O2S.C18H16N4O2S.C18H15N3O3S.C17H13N3O3S/c1-22-9-8-12-10-13(18(24)23(2)17(12)22)15-11-26-19(21-15)20-14-6-4-5-7-16(14)25-3;1-22-8-7-11-9-12(17(23)21-16(11)22)14-10-25-18(20-14)19-13-5-3-4-6-15(13)24-2;1-21-16(22)12(9-11-7-8-24-17(11)21)14-10-25-18(20-14)19-13-5-3-4-6-15(13)23-2;1-22-14-5-3-2-4-12(14)18-17-19-13(9-24-17)11-8-10-6-7-23-16(10)20-15(11)21/h4-11H,1-3H3,(H,20,21);3-10H,1-2H3,(H,19,20)(H,21,23);3-10H,1-2H3,(H,19,20);2-9H,1H3,(H,18,19)(H,20,21). The number of benzene rings is 4. The van der Waals surface area contributed by atoms with Crippen molar-refractivity contribution in [1.82, 2.24) is 48.2 Å². The SMILES string of the molecule is COc1ccccc1Nc1nc(-c2cc3ccn(C)c3[nH]c2=O)cs1.COc1ccccc1Nc1nc(-c2cc3ccn(C)c3n(C)c2=O)cs1.COc1ccccc1Nc1nc(-c2cc3ccoc3[nH]c2=O)cs1.COc1ccccc1Nc1nc(-c2cc3ccoc3n(C)c2=O)cs1. The molecule has 0 atom stereocenters. The van der Waals surface area contributed by atoms with Crippen molar-refractivity contribution in [2.45, 2.75) is 0 Å². The van der Waals surface area contributed by atoms with E-state index in [0.717, 1.165) is 78.6 Å². The second-order valence-electron chi connectivity index (χ2n) is 22.1.